The number of benzene rings is 2. The van der Waals surface area contributed by atoms with E-state index >= 15 is 0 Å². The van der Waals surface area contributed by atoms with Gasteiger partial charge in [-0.05, 0) is 62.4 Å². The molecule has 1 atom stereocenters. The highest BCUT2D eigenvalue weighted by molar-refractivity contribution is 5.94. The van der Waals surface area contributed by atoms with E-state index in [1.54, 1.807) is 26.0 Å². The molecule has 1 unspecified atom stereocenters. The molecule has 2 heterocycles. The maximum atomic E-state index is 11.8. The molecule has 166 valence electrons. The first kappa shape index (κ1) is 21.7. The molecule has 7 nitrogen and oxygen atoms in total. The van der Waals surface area contributed by atoms with Gasteiger partial charge in [-0.1, -0.05) is 12.1 Å². The van der Waals surface area contributed by atoms with Gasteiger partial charge in [0.1, 0.15) is 11.8 Å². The zero-order valence-corrected chi connectivity index (χ0v) is 18.3. The molecular weight excluding hydrogens is 406 g/mol. The van der Waals surface area contributed by atoms with Crippen LogP contribution in [0.5, 0.6) is 5.75 Å². The highest BCUT2D eigenvalue weighted by Crippen LogP contribution is 2.32. The molecule has 1 fully saturated rings. The van der Waals surface area contributed by atoms with Crippen LogP contribution in [0.15, 0.2) is 42.5 Å². The van der Waals surface area contributed by atoms with Crippen LogP contribution in [0.2, 0.25) is 0 Å². The SMILES string of the molecule is CC(C)OC(=O)Nc1ccc(-c2[nH]c3cc(OCCC4CCOC4)ccc3c2C#N)cc1. The number of nitrogens with one attached hydrogen (secondary N) is 2. The summed E-state index contributed by atoms with van der Waals surface area (Å²) < 4.78 is 16.4. The fraction of sp³-hybridized carbons (Fsp3) is 0.360. The molecule has 2 N–H and O–H groups in total. The van der Waals surface area contributed by atoms with Crippen LogP contribution in [0.3, 0.4) is 0 Å². The molecule has 0 saturated carbocycles. The third-order valence-electron chi connectivity index (χ3n) is 5.46. The predicted molar refractivity (Wildman–Crippen MR) is 123 cm³/mol. The van der Waals surface area contributed by atoms with Crippen LogP contribution in [-0.4, -0.2) is 37.0 Å². The largest absolute Gasteiger partial charge is 0.494 e. The van der Waals surface area contributed by atoms with Gasteiger partial charge in [-0.2, -0.15) is 5.26 Å². The summed E-state index contributed by atoms with van der Waals surface area (Å²) in [5.74, 6) is 1.35. The number of ether oxygens (including phenoxy) is 3. The van der Waals surface area contributed by atoms with Crippen molar-refractivity contribution in [1.82, 2.24) is 4.98 Å². The monoisotopic (exact) mass is 433 g/mol. The second-order valence-electron chi connectivity index (χ2n) is 8.22. The van der Waals surface area contributed by atoms with Crippen LogP contribution >= 0.6 is 0 Å². The quantitative estimate of drug-likeness (QED) is 0.515. The van der Waals surface area contributed by atoms with Gasteiger partial charge >= 0.3 is 6.09 Å². The summed E-state index contributed by atoms with van der Waals surface area (Å²) in [5.41, 5.74) is 3.64. The number of anilines is 1. The first-order valence-corrected chi connectivity index (χ1v) is 10.9. The second-order valence-corrected chi connectivity index (χ2v) is 8.22. The van der Waals surface area contributed by atoms with Crippen LogP contribution in [0.1, 0.15) is 32.3 Å². The number of hydrogen-bond donors (Lipinski definition) is 2. The molecule has 32 heavy (non-hydrogen) atoms. The highest BCUT2D eigenvalue weighted by Gasteiger charge is 2.16. The number of carbonyl (C=O) groups excluding carboxylic acids is 1. The van der Waals surface area contributed by atoms with Crippen LogP contribution in [0.4, 0.5) is 10.5 Å². The summed E-state index contributed by atoms with van der Waals surface area (Å²) in [6, 6.07) is 15.3. The van der Waals surface area contributed by atoms with Gasteiger partial charge in [-0.15, -0.1) is 0 Å². The fourth-order valence-electron chi connectivity index (χ4n) is 3.84. The summed E-state index contributed by atoms with van der Waals surface area (Å²) in [7, 11) is 0. The van der Waals surface area contributed by atoms with E-state index in [-0.39, 0.29) is 6.10 Å². The van der Waals surface area contributed by atoms with Crippen molar-refractivity contribution in [1.29, 1.82) is 5.26 Å². The molecule has 1 aliphatic heterocycles. The van der Waals surface area contributed by atoms with Crippen molar-refractivity contribution < 1.29 is 19.0 Å². The normalized spacial score (nSPS) is 15.6. The smallest absolute Gasteiger partial charge is 0.411 e. The Morgan fingerprint density at radius 3 is 2.78 bits per heavy atom. The molecular formula is C25H27N3O4. The Labute approximate surface area is 187 Å². The van der Waals surface area contributed by atoms with Crippen molar-refractivity contribution in [2.24, 2.45) is 5.92 Å². The zero-order valence-electron chi connectivity index (χ0n) is 18.3. The van der Waals surface area contributed by atoms with Gasteiger partial charge in [0.25, 0.3) is 0 Å². The van der Waals surface area contributed by atoms with E-state index < -0.39 is 6.09 Å². The van der Waals surface area contributed by atoms with E-state index in [0.29, 0.717) is 23.8 Å². The number of fused-ring (bicyclic) bond motifs is 1. The van der Waals surface area contributed by atoms with E-state index in [0.717, 1.165) is 54.0 Å². The fourth-order valence-corrected chi connectivity index (χ4v) is 3.84. The van der Waals surface area contributed by atoms with Crippen molar-refractivity contribution in [3.8, 4) is 23.1 Å². The average molecular weight is 434 g/mol. The Morgan fingerprint density at radius 2 is 2.09 bits per heavy atom. The molecule has 0 bridgehead atoms. The van der Waals surface area contributed by atoms with Crippen LogP contribution in [0, 0.1) is 17.2 Å². The summed E-state index contributed by atoms with van der Waals surface area (Å²) >= 11 is 0. The Morgan fingerprint density at radius 1 is 1.28 bits per heavy atom. The zero-order chi connectivity index (χ0) is 22.5. The molecule has 0 spiro atoms. The van der Waals surface area contributed by atoms with Gasteiger partial charge in [-0.25, -0.2) is 4.79 Å². The molecule has 1 amide bonds. The Hall–Kier alpha value is -3.50. The lowest BCUT2D eigenvalue weighted by Gasteiger charge is -2.09. The lowest BCUT2D eigenvalue weighted by molar-refractivity contribution is 0.130. The minimum atomic E-state index is -0.496. The molecule has 1 aromatic heterocycles. The Balaban J connectivity index is 1.49. The number of nitriles is 1. The molecule has 7 heteroatoms. The molecule has 0 radical (unpaired) electrons. The summed E-state index contributed by atoms with van der Waals surface area (Å²) in [6.07, 6.45) is 1.39. The van der Waals surface area contributed by atoms with Crippen molar-refractivity contribution in [2.45, 2.75) is 32.8 Å². The number of rotatable bonds is 7. The summed E-state index contributed by atoms with van der Waals surface area (Å²) in [5, 5.41) is 13.3. The van der Waals surface area contributed by atoms with Crippen LogP contribution in [-0.2, 0) is 9.47 Å². The van der Waals surface area contributed by atoms with Gasteiger partial charge in [0.2, 0.25) is 0 Å². The number of nitrogens with zero attached hydrogens (tertiary/aromatic N) is 1. The van der Waals surface area contributed by atoms with Gasteiger partial charge in [-0.3, -0.25) is 5.32 Å². The van der Waals surface area contributed by atoms with Gasteiger partial charge in [0, 0.05) is 30.4 Å². The number of amides is 1. The minimum Gasteiger partial charge on any atom is -0.494 e. The molecule has 3 aromatic rings. The van der Waals surface area contributed by atoms with E-state index in [1.165, 1.54) is 0 Å². The number of H-pyrrole nitrogens is 1. The summed E-state index contributed by atoms with van der Waals surface area (Å²) in [6.45, 7) is 5.90. The maximum Gasteiger partial charge on any atom is 0.411 e. The first-order valence-electron chi connectivity index (χ1n) is 10.9. The number of aromatic amines is 1. The lowest BCUT2D eigenvalue weighted by Crippen LogP contribution is -2.17. The molecule has 2 aromatic carbocycles. The van der Waals surface area contributed by atoms with Crippen molar-refractivity contribution in [2.75, 3.05) is 25.1 Å². The van der Waals surface area contributed by atoms with Gasteiger partial charge < -0.3 is 19.2 Å². The minimum absolute atomic E-state index is 0.190. The van der Waals surface area contributed by atoms with E-state index in [1.807, 2.05) is 30.3 Å². The highest BCUT2D eigenvalue weighted by atomic mass is 16.6. The van der Waals surface area contributed by atoms with E-state index in [9.17, 15) is 10.1 Å². The second kappa shape index (κ2) is 9.75. The molecule has 4 rings (SSSR count). The van der Waals surface area contributed by atoms with E-state index in [4.69, 9.17) is 14.2 Å². The first-order chi connectivity index (χ1) is 15.5. The standard InChI is InChI=1S/C25H27N3O4/c1-16(2)32-25(29)27-19-5-3-18(4-6-19)24-22(14-26)21-8-7-20(13-23(21)28-24)31-12-10-17-9-11-30-15-17/h3-8,13,16-17,28H,9-12,15H2,1-2H3,(H,27,29). The topological polar surface area (TPSA) is 96.4 Å². The average Bonchev–Trinajstić information content (AvgIpc) is 3.41. The Bertz CT molecular complexity index is 1120. The van der Waals surface area contributed by atoms with Crippen molar-refractivity contribution in [3.05, 3.63) is 48.0 Å². The number of carbonyl (C=O) groups is 1. The number of aromatic nitrogens is 1. The summed E-state index contributed by atoms with van der Waals surface area (Å²) in [4.78, 5) is 15.1. The predicted octanol–water partition coefficient (Wildman–Crippen LogP) is 5.47. The lowest BCUT2D eigenvalue weighted by atomic mass is 10.1. The maximum absolute atomic E-state index is 11.8. The van der Waals surface area contributed by atoms with Crippen molar-refractivity contribution >= 4 is 22.7 Å². The third-order valence-corrected chi connectivity index (χ3v) is 5.46. The number of hydrogen-bond acceptors (Lipinski definition) is 5. The third kappa shape index (κ3) is 5.04. The Kier molecular flexibility index (Phi) is 6.62. The molecule has 1 aliphatic rings. The van der Waals surface area contributed by atoms with Gasteiger partial charge in [0.05, 0.1) is 29.5 Å². The van der Waals surface area contributed by atoms with Gasteiger partial charge in [0.15, 0.2) is 0 Å². The van der Waals surface area contributed by atoms with Crippen molar-refractivity contribution in [3.63, 3.8) is 0 Å². The van der Waals surface area contributed by atoms with Crippen LogP contribution < -0.4 is 10.1 Å². The molecule has 0 aliphatic carbocycles. The van der Waals surface area contributed by atoms with E-state index in [2.05, 4.69) is 16.4 Å². The van der Waals surface area contributed by atoms with Crippen LogP contribution in [0.25, 0.3) is 22.2 Å². The molecule has 1 saturated heterocycles.